The van der Waals surface area contributed by atoms with E-state index in [-0.39, 0.29) is 0 Å². The predicted octanol–water partition coefficient (Wildman–Crippen LogP) is 3.72. The van der Waals surface area contributed by atoms with Crippen molar-refractivity contribution in [1.29, 1.82) is 0 Å². The second-order valence-electron chi connectivity index (χ2n) is 4.42. The quantitative estimate of drug-likeness (QED) is 0.757. The number of halogens is 2. The SMILES string of the molecule is CC(O)(c1nc2cc(Cl)c(Cl)cc2[nH]1)c1ccco1. The highest BCUT2D eigenvalue weighted by atomic mass is 35.5. The molecule has 2 N–H and O–H groups in total. The van der Waals surface area contributed by atoms with Crippen molar-refractivity contribution in [3.8, 4) is 0 Å². The maximum atomic E-state index is 10.5. The van der Waals surface area contributed by atoms with Crippen LogP contribution in [-0.4, -0.2) is 15.1 Å². The zero-order valence-corrected chi connectivity index (χ0v) is 11.5. The topological polar surface area (TPSA) is 62.1 Å². The van der Waals surface area contributed by atoms with Crippen LogP contribution in [-0.2, 0) is 5.60 Å². The minimum absolute atomic E-state index is 0.371. The van der Waals surface area contributed by atoms with E-state index in [4.69, 9.17) is 27.6 Å². The Morgan fingerprint density at radius 3 is 2.74 bits per heavy atom. The molecule has 0 aliphatic carbocycles. The molecule has 0 saturated carbocycles. The Kier molecular flexibility index (Phi) is 2.82. The third kappa shape index (κ3) is 2.02. The number of hydrogen-bond acceptors (Lipinski definition) is 3. The molecule has 98 valence electrons. The first-order valence-electron chi connectivity index (χ1n) is 5.60. The van der Waals surface area contributed by atoms with Gasteiger partial charge in [-0.2, -0.15) is 0 Å². The molecule has 0 bridgehead atoms. The van der Waals surface area contributed by atoms with Crippen molar-refractivity contribution >= 4 is 34.2 Å². The van der Waals surface area contributed by atoms with Gasteiger partial charge in [-0.3, -0.25) is 0 Å². The van der Waals surface area contributed by atoms with Gasteiger partial charge in [-0.05, 0) is 31.2 Å². The second kappa shape index (κ2) is 4.27. The molecule has 1 atom stereocenters. The molecule has 0 aliphatic rings. The molecule has 2 aromatic heterocycles. The summed E-state index contributed by atoms with van der Waals surface area (Å²) in [7, 11) is 0. The van der Waals surface area contributed by atoms with Gasteiger partial charge in [-0.1, -0.05) is 23.2 Å². The van der Waals surface area contributed by atoms with Crippen molar-refractivity contribution < 1.29 is 9.52 Å². The summed E-state index contributed by atoms with van der Waals surface area (Å²) in [6.07, 6.45) is 1.50. The average Bonchev–Trinajstić information content (AvgIpc) is 2.98. The Labute approximate surface area is 119 Å². The molecule has 2 heterocycles. The molecule has 0 aliphatic heterocycles. The lowest BCUT2D eigenvalue weighted by molar-refractivity contribution is 0.0687. The number of benzene rings is 1. The van der Waals surface area contributed by atoms with Gasteiger partial charge in [0, 0.05) is 0 Å². The molecule has 0 spiro atoms. The van der Waals surface area contributed by atoms with Crippen molar-refractivity contribution in [2.24, 2.45) is 0 Å². The predicted molar refractivity (Wildman–Crippen MR) is 73.5 cm³/mol. The highest BCUT2D eigenvalue weighted by Crippen LogP contribution is 2.31. The number of H-pyrrole nitrogens is 1. The normalized spacial score (nSPS) is 14.7. The summed E-state index contributed by atoms with van der Waals surface area (Å²) in [5.41, 5.74) is -0.00552. The van der Waals surface area contributed by atoms with Gasteiger partial charge in [0.15, 0.2) is 5.60 Å². The number of rotatable bonds is 2. The van der Waals surface area contributed by atoms with E-state index in [0.29, 0.717) is 32.7 Å². The van der Waals surface area contributed by atoms with Crippen LogP contribution in [0.4, 0.5) is 0 Å². The standard InChI is InChI=1S/C13H10Cl2N2O2/c1-13(18,11-3-2-4-19-11)12-16-9-5-7(14)8(15)6-10(9)17-12/h2-6,18H,1H3,(H,16,17). The number of aliphatic hydroxyl groups is 1. The van der Waals surface area contributed by atoms with Crippen LogP contribution < -0.4 is 0 Å². The number of aromatic nitrogens is 2. The Morgan fingerprint density at radius 2 is 2.05 bits per heavy atom. The monoisotopic (exact) mass is 296 g/mol. The minimum atomic E-state index is -1.35. The van der Waals surface area contributed by atoms with Crippen LogP contribution >= 0.6 is 23.2 Å². The molecule has 0 amide bonds. The summed E-state index contributed by atoms with van der Waals surface area (Å²) in [5, 5.41) is 11.4. The Balaban J connectivity index is 2.16. The van der Waals surface area contributed by atoms with Crippen molar-refractivity contribution in [3.05, 3.63) is 52.2 Å². The van der Waals surface area contributed by atoms with Crippen LogP contribution in [0.25, 0.3) is 11.0 Å². The summed E-state index contributed by atoms with van der Waals surface area (Å²) >= 11 is 11.9. The third-order valence-electron chi connectivity index (χ3n) is 2.99. The van der Waals surface area contributed by atoms with E-state index >= 15 is 0 Å². The Hall–Kier alpha value is -1.49. The number of hydrogen-bond donors (Lipinski definition) is 2. The van der Waals surface area contributed by atoms with E-state index in [1.54, 1.807) is 31.2 Å². The Bertz CT molecular complexity index is 694. The van der Waals surface area contributed by atoms with Gasteiger partial charge >= 0.3 is 0 Å². The molecular formula is C13H10Cl2N2O2. The summed E-state index contributed by atoms with van der Waals surface area (Å²) in [5.74, 6) is 0.777. The zero-order valence-electron chi connectivity index (χ0n) is 9.95. The van der Waals surface area contributed by atoms with Crippen molar-refractivity contribution in [1.82, 2.24) is 9.97 Å². The van der Waals surface area contributed by atoms with Crippen LogP contribution in [0.1, 0.15) is 18.5 Å². The fourth-order valence-electron chi connectivity index (χ4n) is 1.91. The minimum Gasteiger partial charge on any atom is -0.466 e. The van der Waals surface area contributed by atoms with Gasteiger partial charge in [0.2, 0.25) is 0 Å². The van der Waals surface area contributed by atoms with Crippen LogP contribution in [0.2, 0.25) is 10.0 Å². The lowest BCUT2D eigenvalue weighted by Gasteiger charge is -2.17. The largest absolute Gasteiger partial charge is 0.466 e. The Morgan fingerprint density at radius 1 is 1.32 bits per heavy atom. The molecule has 1 unspecified atom stereocenters. The summed E-state index contributed by atoms with van der Waals surface area (Å²) in [4.78, 5) is 7.36. The number of nitrogens with zero attached hydrogens (tertiary/aromatic N) is 1. The smallest absolute Gasteiger partial charge is 0.177 e. The molecule has 0 saturated heterocycles. The third-order valence-corrected chi connectivity index (χ3v) is 3.71. The van der Waals surface area contributed by atoms with Crippen LogP contribution in [0.5, 0.6) is 0 Å². The number of nitrogens with one attached hydrogen (secondary N) is 1. The highest BCUT2D eigenvalue weighted by molar-refractivity contribution is 6.42. The maximum absolute atomic E-state index is 10.5. The van der Waals surface area contributed by atoms with E-state index in [9.17, 15) is 5.11 Å². The number of furan rings is 1. The first-order valence-corrected chi connectivity index (χ1v) is 6.35. The van der Waals surface area contributed by atoms with Crippen molar-refractivity contribution in [3.63, 3.8) is 0 Å². The lowest BCUT2D eigenvalue weighted by Crippen LogP contribution is -2.23. The molecule has 19 heavy (non-hydrogen) atoms. The number of imidazole rings is 1. The van der Waals surface area contributed by atoms with E-state index < -0.39 is 5.60 Å². The first kappa shape index (κ1) is 12.5. The van der Waals surface area contributed by atoms with Gasteiger partial charge in [0.1, 0.15) is 11.6 Å². The molecule has 3 aromatic rings. The van der Waals surface area contributed by atoms with E-state index in [0.717, 1.165) is 0 Å². The van der Waals surface area contributed by atoms with Gasteiger partial charge < -0.3 is 14.5 Å². The maximum Gasteiger partial charge on any atom is 0.177 e. The first-order chi connectivity index (χ1) is 8.98. The van der Waals surface area contributed by atoms with Gasteiger partial charge in [0.25, 0.3) is 0 Å². The van der Waals surface area contributed by atoms with Crippen molar-refractivity contribution in [2.45, 2.75) is 12.5 Å². The molecule has 0 radical (unpaired) electrons. The van der Waals surface area contributed by atoms with E-state index in [1.807, 2.05) is 0 Å². The summed E-state index contributed by atoms with van der Waals surface area (Å²) < 4.78 is 5.23. The second-order valence-corrected chi connectivity index (χ2v) is 5.23. The van der Waals surface area contributed by atoms with E-state index in [1.165, 1.54) is 6.26 Å². The summed E-state index contributed by atoms with van der Waals surface area (Å²) in [6.45, 7) is 1.60. The van der Waals surface area contributed by atoms with Crippen LogP contribution in [0.3, 0.4) is 0 Å². The lowest BCUT2D eigenvalue weighted by atomic mass is 10.0. The van der Waals surface area contributed by atoms with E-state index in [2.05, 4.69) is 9.97 Å². The fraction of sp³-hybridized carbons (Fsp3) is 0.154. The highest BCUT2D eigenvalue weighted by Gasteiger charge is 2.32. The van der Waals surface area contributed by atoms with Gasteiger partial charge in [0.05, 0.1) is 27.3 Å². The zero-order chi connectivity index (χ0) is 13.6. The van der Waals surface area contributed by atoms with Gasteiger partial charge in [-0.15, -0.1) is 0 Å². The van der Waals surface area contributed by atoms with Crippen LogP contribution in [0.15, 0.2) is 34.9 Å². The summed E-state index contributed by atoms with van der Waals surface area (Å²) in [6, 6.07) is 6.72. The van der Waals surface area contributed by atoms with Crippen molar-refractivity contribution in [2.75, 3.05) is 0 Å². The van der Waals surface area contributed by atoms with Crippen LogP contribution in [0, 0.1) is 0 Å². The molecule has 4 nitrogen and oxygen atoms in total. The molecular weight excluding hydrogens is 287 g/mol. The van der Waals surface area contributed by atoms with Gasteiger partial charge in [-0.25, -0.2) is 4.98 Å². The molecule has 6 heteroatoms. The number of fused-ring (bicyclic) bond motifs is 1. The molecule has 3 rings (SSSR count). The average molecular weight is 297 g/mol. The fourth-order valence-corrected chi connectivity index (χ4v) is 2.23. The molecule has 1 aromatic carbocycles. The number of aromatic amines is 1. The molecule has 0 fully saturated rings.